The molecule has 1 fully saturated rings. The molecule has 2 atom stereocenters. The SMILES string of the molecule is CC1CCCC(C)(C)CC1C(N)=O. The normalized spacial score (nSPS) is 33.8. The number of hydrogen-bond acceptors (Lipinski definition) is 1. The second-order valence-corrected chi connectivity index (χ2v) is 5.25. The highest BCUT2D eigenvalue weighted by atomic mass is 16.1. The van der Waals surface area contributed by atoms with Gasteiger partial charge in [0.15, 0.2) is 0 Å². The van der Waals surface area contributed by atoms with Gasteiger partial charge in [-0.25, -0.2) is 0 Å². The summed E-state index contributed by atoms with van der Waals surface area (Å²) < 4.78 is 0. The third-order valence-electron chi connectivity index (χ3n) is 3.34. The van der Waals surface area contributed by atoms with Crippen LogP contribution >= 0.6 is 0 Å². The van der Waals surface area contributed by atoms with Crippen molar-refractivity contribution in [2.75, 3.05) is 0 Å². The number of primary amides is 1. The second-order valence-electron chi connectivity index (χ2n) is 5.25. The molecule has 0 radical (unpaired) electrons. The Labute approximate surface area is 80.9 Å². The van der Waals surface area contributed by atoms with E-state index in [1.54, 1.807) is 0 Å². The van der Waals surface area contributed by atoms with Crippen molar-refractivity contribution in [1.82, 2.24) is 0 Å². The molecule has 2 N–H and O–H groups in total. The molecule has 0 aromatic rings. The fourth-order valence-electron chi connectivity index (χ4n) is 2.38. The van der Waals surface area contributed by atoms with Crippen LogP contribution in [0.2, 0.25) is 0 Å². The van der Waals surface area contributed by atoms with Crippen LogP contribution in [0.1, 0.15) is 46.5 Å². The zero-order valence-electron chi connectivity index (χ0n) is 8.97. The Bertz CT molecular complexity index is 198. The standard InChI is InChI=1S/C11H21NO/c1-8-5-4-6-11(2,3)7-9(8)10(12)13/h8-9H,4-7H2,1-3H3,(H2,12,13). The van der Waals surface area contributed by atoms with Gasteiger partial charge in [-0.2, -0.15) is 0 Å². The number of nitrogens with two attached hydrogens (primary N) is 1. The van der Waals surface area contributed by atoms with E-state index in [0.29, 0.717) is 11.3 Å². The van der Waals surface area contributed by atoms with Gasteiger partial charge < -0.3 is 5.73 Å². The van der Waals surface area contributed by atoms with Crippen LogP contribution < -0.4 is 5.73 Å². The summed E-state index contributed by atoms with van der Waals surface area (Å²) in [6, 6.07) is 0. The predicted molar refractivity (Wildman–Crippen MR) is 54.1 cm³/mol. The molecule has 2 unspecified atom stereocenters. The summed E-state index contributed by atoms with van der Waals surface area (Å²) >= 11 is 0. The Balaban J connectivity index is 2.73. The minimum absolute atomic E-state index is 0.0949. The number of carbonyl (C=O) groups is 1. The highest BCUT2D eigenvalue weighted by Crippen LogP contribution is 2.39. The van der Waals surface area contributed by atoms with E-state index in [1.165, 1.54) is 12.8 Å². The minimum Gasteiger partial charge on any atom is -0.369 e. The lowest BCUT2D eigenvalue weighted by Gasteiger charge is -2.26. The van der Waals surface area contributed by atoms with Crippen LogP contribution in [0.4, 0.5) is 0 Å². The molecule has 1 amide bonds. The van der Waals surface area contributed by atoms with E-state index in [0.717, 1.165) is 12.8 Å². The summed E-state index contributed by atoms with van der Waals surface area (Å²) in [5.74, 6) is 0.458. The number of rotatable bonds is 1. The lowest BCUT2D eigenvalue weighted by atomic mass is 9.79. The molecule has 0 bridgehead atoms. The molecular weight excluding hydrogens is 162 g/mol. The van der Waals surface area contributed by atoms with Crippen molar-refractivity contribution in [3.05, 3.63) is 0 Å². The minimum atomic E-state index is -0.109. The molecule has 0 saturated heterocycles. The van der Waals surface area contributed by atoms with Gasteiger partial charge in [-0.15, -0.1) is 0 Å². The number of hydrogen-bond donors (Lipinski definition) is 1. The van der Waals surface area contributed by atoms with Crippen LogP contribution in [-0.4, -0.2) is 5.91 Å². The van der Waals surface area contributed by atoms with Crippen molar-refractivity contribution in [3.63, 3.8) is 0 Å². The van der Waals surface area contributed by atoms with Gasteiger partial charge in [0.05, 0.1) is 0 Å². The van der Waals surface area contributed by atoms with Crippen LogP contribution in [0, 0.1) is 17.3 Å². The zero-order chi connectivity index (χ0) is 10.1. The molecule has 1 aliphatic carbocycles. The Morgan fingerprint density at radius 3 is 2.62 bits per heavy atom. The third kappa shape index (κ3) is 2.71. The van der Waals surface area contributed by atoms with Gasteiger partial charge in [-0.1, -0.05) is 27.2 Å². The molecule has 0 aromatic carbocycles. The van der Waals surface area contributed by atoms with Gasteiger partial charge in [0.2, 0.25) is 5.91 Å². The van der Waals surface area contributed by atoms with Gasteiger partial charge in [0, 0.05) is 5.92 Å². The van der Waals surface area contributed by atoms with Crippen molar-refractivity contribution in [2.45, 2.75) is 46.5 Å². The molecule has 2 nitrogen and oxygen atoms in total. The fourth-order valence-corrected chi connectivity index (χ4v) is 2.38. The maximum atomic E-state index is 11.2. The van der Waals surface area contributed by atoms with Gasteiger partial charge in [-0.3, -0.25) is 4.79 Å². The van der Waals surface area contributed by atoms with Crippen LogP contribution in [0.5, 0.6) is 0 Å². The molecule has 13 heavy (non-hydrogen) atoms. The molecule has 0 heterocycles. The van der Waals surface area contributed by atoms with E-state index >= 15 is 0 Å². The third-order valence-corrected chi connectivity index (χ3v) is 3.34. The smallest absolute Gasteiger partial charge is 0.220 e. The van der Waals surface area contributed by atoms with E-state index in [4.69, 9.17) is 5.73 Å². The Kier molecular flexibility index (Phi) is 2.99. The Hall–Kier alpha value is -0.530. The van der Waals surface area contributed by atoms with Gasteiger partial charge >= 0.3 is 0 Å². The van der Waals surface area contributed by atoms with Crippen molar-refractivity contribution < 1.29 is 4.79 Å². The number of amides is 1. The average Bonchev–Trinajstić information content (AvgIpc) is 2.10. The summed E-state index contributed by atoms with van der Waals surface area (Å²) in [6.07, 6.45) is 4.57. The molecule has 0 spiro atoms. The van der Waals surface area contributed by atoms with Crippen molar-refractivity contribution in [3.8, 4) is 0 Å². The topological polar surface area (TPSA) is 43.1 Å². The molecule has 0 aliphatic heterocycles. The first-order chi connectivity index (χ1) is 5.92. The molecule has 76 valence electrons. The number of carbonyl (C=O) groups excluding carboxylic acids is 1. The van der Waals surface area contributed by atoms with Crippen molar-refractivity contribution in [1.29, 1.82) is 0 Å². The van der Waals surface area contributed by atoms with Crippen LogP contribution in [0.3, 0.4) is 0 Å². The molecule has 1 aliphatic rings. The molecular formula is C11H21NO. The van der Waals surface area contributed by atoms with Crippen molar-refractivity contribution >= 4 is 5.91 Å². The highest BCUT2D eigenvalue weighted by molar-refractivity contribution is 5.77. The van der Waals surface area contributed by atoms with Crippen LogP contribution in [0.15, 0.2) is 0 Å². The van der Waals surface area contributed by atoms with Gasteiger partial charge in [-0.05, 0) is 30.6 Å². The van der Waals surface area contributed by atoms with Gasteiger partial charge in [0.25, 0.3) is 0 Å². The Morgan fingerprint density at radius 2 is 2.08 bits per heavy atom. The molecule has 2 heteroatoms. The highest BCUT2D eigenvalue weighted by Gasteiger charge is 2.33. The molecule has 1 saturated carbocycles. The maximum absolute atomic E-state index is 11.2. The predicted octanol–water partition coefficient (Wildman–Crippen LogP) is 2.32. The molecule has 1 rings (SSSR count). The summed E-state index contributed by atoms with van der Waals surface area (Å²) in [5.41, 5.74) is 5.71. The maximum Gasteiger partial charge on any atom is 0.220 e. The lowest BCUT2D eigenvalue weighted by molar-refractivity contribution is -0.124. The average molecular weight is 183 g/mol. The van der Waals surface area contributed by atoms with E-state index in [9.17, 15) is 4.79 Å². The summed E-state index contributed by atoms with van der Waals surface area (Å²) in [4.78, 5) is 11.2. The van der Waals surface area contributed by atoms with Crippen LogP contribution in [0.25, 0.3) is 0 Å². The first-order valence-corrected chi connectivity index (χ1v) is 5.22. The second kappa shape index (κ2) is 3.69. The Morgan fingerprint density at radius 1 is 1.46 bits per heavy atom. The van der Waals surface area contributed by atoms with Gasteiger partial charge in [0.1, 0.15) is 0 Å². The summed E-state index contributed by atoms with van der Waals surface area (Å²) in [6.45, 7) is 6.62. The first-order valence-electron chi connectivity index (χ1n) is 5.22. The lowest BCUT2D eigenvalue weighted by Crippen LogP contribution is -2.31. The van der Waals surface area contributed by atoms with Crippen molar-refractivity contribution in [2.24, 2.45) is 23.0 Å². The first kappa shape index (κ1) is 10.6. The van der Waals surface area contributed by atoms with E-state index in [2.05, 4.69) is 20.8 Å². The summed E-state index contributed by atoms with van der Waals surface area (Å²) in [7, 11) is 0. The monoisotopic (exact) mass is 183 g/mol. The quantitative estimate of drug-likeness (QED) is 0.623. The van der Waals surface area contributed by atoms with Crippen LogP contribution in [-0.2, 0) is 4.79 Å². The fraction of sp³-hybridized carbons (Fsp3) is 0.909. The van der Waals surface area contributed by atoms with E-state index in [-0.39, 0.29) is 11.8 Å². The zero-order valence-corrected chi connectivity index (χ0v) is 8.97. The largest absolute Gasteiger partial charge is 0.369 e. The molecule has 0 aromatic heterocycles. The van der Waals surface area contributed by atoms with E-state index in [1.807, 2.05) is 0 Å². The summed E-state index contributed by atoms with van der Waals surface area (Å²) in [5, 5.41) is 0. The van der Waals surface area contributed by atoms with E-state index < -0.39 is 0 Å².